The smallest absolute Gasteiger partial charge is 0.0622 e. The molecule has 3 heteroatoms. The standard InChI is InChI=1S/C16H32N2O/c1-3-10-17-15-8-6-5-7-9-16(15)18-11-12-19-13-14(18)4-2/h14-17H,3-13H2,1-2H3. The molecule has 2 aliphatic rings. The first-order chi connectivity index (χ1) is 9.36. The number of morpholine rings is 1. The van der Waals surface area contributed by atoms with E-state index in [0.717, 1.165) is 25.8 Å². The number of nitrogens with zero attached hydrogens (tertiary/aromatic N) is 1. The molecule has 1 aliphatic heterocycles. The fraction of sp³-hybridized carbons (Fsp3) is 1.00. The maximum Gasteiger partial charge on any atom is 0.0622 e. The van der Waals surface area contributed by atoms with Crippen LogP contribution in [0.4, 0.5) is 0 Å². The van der Waals surface area contributed by atoms with Crippen LogP contribution in [0.3, 0.4) is 0 Å². The lowest BCUT2D eigenvalue weighted by Gasteiger charge is -2.44. The second-order valence-corrected chi connectivity index (χ2v) is 6.14. The molecule has 1 N–H and O–H groups in total. The van der Waals surface area contributed by atoms with Crippen LogP contribution < -0.4 is 5.32 Å². The van der Waals surface area contributed by atoms with Crippen LogP contribution in [0.5, 0.6) is 0 Å². The van der Waals surface area contributed by atoms with Gasteiger partial charge in [-0.2, -0.15) is 0 Å². The molecule has 0 spiro atoms. The number of hydrogen-bond donors (Lipinski definition) is 1. The van der Waals surface area contributed by atoms with Gasteiger partial charge in [-0.3, -0.25) is 4.90 Å². The second kappa shape index (κ2) is 8.23. The zero-order chi connectivity index (χ0) is 13.5. The summed E-state index contributed by atoms with van der Waals surface area (Å²) in [5, 5.41) is 3.82. The molecule has 0 aromatic rings. The average molecular weight is 268 g/mol. The van der Waals surface area contributed by atoms with Crippen molar-refractivity contribution < 1.29 is 4.74 Å². The number of ether oxygens (including phenoxy) is 1. The van der Waals surface area contributed by atoms with Crippen LogP contribution in [0.1, 0.15) is 58.8 Å². The number of hydrogen-bond acceptors (Lipinski definition) is 3. The van der Waals surface area contributed by atoms with Gasteiger partial charge in [0.05, 0.1) is 13.2 Å². The van der Waals surface area contributed by atoms with E-state index in [2.05, 4.69) is 24.1 Å². The Bertz CT molecular complexity index is 247. The third-order valence-electron chi connectivity index (χ3n) is 4.81. The van der Waals surface area contributed by atoms with Crippen molar-refractivity contribution in [1.29, 1.82) is 0 Å². The molecule has 0 bridgehead atoms. The minimum absolute atomic E-state index is 0.641. The minimum atomic E-state index is 0.641. The van der Waals surface area contributed by atoms with Gasteiger partial charge >= 0.3 is 0 Å². The summed E-state index contributed by atoms with van der Waals surface area (Å²) in [7, 11) is 0. The highest BCUT2D eigenvalue weighted by Crippen LogP contribution is 2.26. The second-order valence-electron chi connectivity index (χ2n) is 6.14. The maximum atomic E-state index is 5.68. The zero-order valence-corrected chi connectivity index (χ0v) is 12.9. The molecule has 19 heavy (non-hydrogen) atoms. The Balaban J connectivity index is 2.02. The molecule has 112 valence electrons. The zero-order valence-electron chi connectivity index (χ0n) is 12.9. The van der Waals surface area contributed by atoms with Crippen molar-refractivity contribution in [2.75, 3.05) is 26.3 Å². The number of rotatable bonds is 5. The molecule has 1 heterocycles. The highest BCUT2D eigenvalue weighted by molar-refractivity contribution is 4.90. The highest BCUT2D eigenvalue weighted by Gasteiger charge is 2.33. The van der Waals surface area contributed by atoms with Gasteiger partial charge in [-0.15, -0.1) is 0 Å². The quantitative estimate of drug-likeness (QED) is 0.776. The van der Waals surface area contributed by atoms with Gasteiger partial charge < -0.3 is 10.1 Å². The van der Waals surface area contributed by atoms with E-state index in [1.807, 2.05) is 0 Å². The van der Waals surface area contributed by atoms with E-state index < -0.39 is 0 Å². The van der Waals surface area contributed by atoms with E-state index in [9.17, 15) is 0 Å². The van der Waals surface area contributed by atoms with E-state index >= 15 is 0 Å². The third kappa shape index (κ3) is 4.17. The highest BCUT2D eigenvalue weighted by atomic mass is 16.5. The lowest BCUT2D eigenvalue weighted by Crippen LogP contribution is -2.57. The first-order valence-electron chi connectivity index (χ1n) is 8.43. The Morgan fingerprint density at radius 3 is 2.79 bits per heavy atom. The van der Waals surface area contributed by atoms with Crippen molar-refractivity contribution in [1.82, 2.24) is 10.2 Å². The number of nitrogens with one attached hydrogen (secondary N) is 1. The summed E-state index contributed by atoms with van der Waals surface area (Å²) in [5.74, 6) is 0. The van der Waals surface area contributed by atoms with Gasteiger partial charge in [0, 0.05) is 24.7 Å². The van der Waals surface area contributed by atoms with Crippen LogP contribution in [-0.4, -0.2) is 49.3 Å². The summed E-state index contributed by atoms with van der Waals surface area (Å²) >= 11 is 0. The van der Waals surface area contributed by atoms with Crippen LogP contribution in [0.2, 0.25) is 0 Å². The molecule has 1 aliphatic carbocycles. The Hall–Kier alpha value is -0.120. The SMILES string of the molecule is CCCNC1CCCCCC1N1CCOCC1CC. The van der Waals surface area contributed by atoms with Gasteiger partial charge in [0.1, 0.15) is 0 Å². The Labute approximate surface area is 119 Å². The molecule has 1 saturated heterocycles. The molecule has 2 fully saturated rings. The molecule has 3 atom stereocenters. The van der Waals surface area contributed by atoms with Gasteiger partial charge in [-0.25, -0.2) is 0 Å². The van der Waals surface area contributed by atoms with E-state index in [1.165, 1.54) is 51.5 Å². The monoisotopic (exact) mass is 268 g/mol. The molecule has 0 radical (unpaired) electrons. The van der Waals surface area contributed by atoms with E-state index in [-0.39, 0.29) is 0 Å². The van der Waals surface area contributed by atoms with Crippen LogP contribution in [0, 0.1) is 0 Å². The molecule has 0 amide bonds. The largest absolute Gasteiger partial charge is 0.378 e. The first-order valence-corrected chi connectivity index (χ1v) is 8.43. The van der Waals surface area contributed by atoms with Crippen LogP contribution >= 0.6 is 0 Å². The van der Waals surface area contributed by atoms with Crippen LogP contribution in [0.25, 0.3) is 0 Å². The van der Waals surface area contributed by atoms with Crippen molar-refractivity contribution >= 4 is 0 Å². The van der Waals surface area contributed by atoms with Gasteiger partial charge in [0.2, 0.25) is 0 Å². The topological polar surface area (TPSA) is 24.5 Å². The van der Waals surface area contributed by atoms with Gasteiger partial charge in [-0.05, 0) is 32.2 Å². The van der Waals surface area contributed by atoms with Crippen molar-refractivity contribution in [2.24, 2.45) is 0 Å². The third-order valence-corrected chi connectivity index (χ3v) is 4.81. The Morgan fingerprint density at radius 1 is 1.16 bits per heavy atom. The minimum Gasteiger partial charge on any atom is -0.378 e. The lowest BCUT2D eigenvalue weighted by atomic mass is 9.97. The molecule has 0 aromatic carbocycles. The van der Waals surface area contributed by atoms with Crippen molar-refractivity contribution in [2.45, 2.75) is 76.9 Å². The fourth-order valence-electron chi connectivity index (χ4n) is 3.71. The summed E-state index contributed by atoms with van der Waals surface area (Å²) < 4.78 is 5.68. The summed E-state index contributed by atoms with van der Waals surface area (Å²) in [6.07, 6.45) is 9.42. The van der Waals surface area contributed by atoms with Gasteiger partial charge in [-0.1, -0.05) is 33.1 Å². The molecular weight excluding hydrogens is 236 g/mol. The van der Waals surface area contributed by atoms with E-state index in [4.69, 9.17) is 4.74 Å². The normalized spacial score (nSPS) is 34.1. The van der Waals surface area contributed by atoms with Crippen LogP contribution in [-0.2, 0) is 4.74 Å². The first kappa shape index (κ1) is 15.3. The summed E-state index contributed by atoms with van der Waals surface area (Å²) in [6, 6.07) is 2.08. The van der Waals surface area contributed by atoms with Crippen molar-refractivity contribution in [3.05, 3.63) is 0 Å². The van der Waals surface area contributed by atoms with Crippen LogP contribution in [0.15, 0.2) is 0 Å². The van der Waals surface area contributed by atoms with Crippen molar-refractivity contribution in [3.8, 4) is 0 Å². The van der Waals surface area contributed by atoms with Crippen molar-refractivity contribution in [3.63, 3.8) is 0 Å². The Kier molecular flexibility index (Phi) is 6.62. The molecule has 0 aromatic heterocycles. The van der Waals surface area contributed by atoms with E-state index in [0.29, 0.717) is 12.1 Å². The van der Waals surface area contributed by atoms with Gasteiger partial charge in [0.25, 0.3) is 0 Å². The predicted octanol–water partition coefficient (Wildman–Crippen LogP) is 2.80. The van der Waals surface area contributed by atoms with Gasteiger partial charge in [0.15, 0.2) is 0 Å². The fourth-order valence-corrected chi connectivity index (χ4v) is 3.71. The Morgan fingerprint density at radius 2 is 2.00 bits per heavy atom. The summed E-state index contributed by atoms with van der Waals surface area (Å²) in [6.45, 7) is 8.73. The predicted molar refractivity (Wildman–Crippen MR) is 80.6 cm³/mol. The summed E-state index contributed by atoms with van der Waals surface area (Å²) in [4.78, 5) is 2.77. The maximum absolute atomic E-state index is 5.68. The average Bonchev–Trinajstić information content (AvgIpc) is 2.70. The molecule has 1 saturated carbocycles. The lowest BCUT2D eigenvalue weighted by molar-refractivity contribution is -0.0389. The van der Waals surface area contributed by atoms with E-state index in [1.54, 1.807) is 0 Å². The molecule has 3 nitrogen and oxygen atoms in total. The summed E-state index contributed by atoms with van der Waals surface area (Å²) in [5.41, 5.74) is 0. The molecule has 2 rings (SSSR count). The molecular formula is C16H32N2O. The molecule has 3 unspecified atom stereocenters.